The number of hydrogen-bond acceptors (Lipinski definition) is 7. The fraction of sp³-hybridized carbons (Fsp3) is 0.132. The molecule has 0 atom stereocenters. The molecule has 3 aromatic carbocycles. The van der Waals surface area contributed by atoms with Crippen LogP contribution in [0.15, 0.2) is 47.5 Å². The molecule has 0 aliphatic heterocycles. The molecule has 5 rings (SSSR count). The van der Waals surface area contributed by atoms with E-state index < -0.39 is 136 Å². The van der Waals surface area contributed by atoms with Crippen molar-refractivity contribution in [3.8, 4) is 42.5 Å². The summed E-state index contributed by atoms with van der Waals surface area (Å²) in [6.45, 7) is 0.530. The number of halogens is 12. The van der Waals surface area contributed by atoms with Crippen LogP contribution in [-0.4, -0.2) is 0 Å². The van der Waals surface area contributed by atoms with Crippen molar-refractivity contribution in [1.29, 1.82) is 36.8 Å². The standard InChI is InChI=1S/C38H9F12N7/c1-15-27(35(39,40)41)2-16(3-28(15)36(42,43)44)31-24(12-55)20-6-23-21(7-22(20)33(31)18(8-51)9-52)25(13-56)32(34(23)19(10-53)11-54)17-4-29(37(45,46)47)26(14-57)30(5-17)38(48,49)50/h2-7H,1H3. The van der Waals surface area contributed by atoms with Crippen molar-refractivity contribution in [3.05, 3.63) is 114 Å². The number of nitrogens with zero attached hydrogens (tertiary/aromatic N) is 7. The summed E-state index contributed by atoms with van der Waals surface area (Å²) in [5.74, 6) is 0. The van der Waals surface area contributed by atoms with Gasteiger partial charge in [-0.25, -0.2) is 0 Å². The molecule has 0 fully saturated rings. The largest absolute Gasteiger partial charge is 0.417 e. The minimum Gasteiger partial charge on any atom is -0.192 e. The number of alkyl halides is 12. The van der Waals surface area contributed by atoms with Crippen LogP contribution in [0.2, 0.25) is 0 Å². The molecule has 0 aromatic heterocycles. The lowest BCUT2D eigenvalue weighted by Crippen LogP contribution is -2.16. The first-order valence-electron chi connectivity index (χ1n) is 15.0. The summed E-state index contributed by atoms with van der Waals surface area (Å²) in [6, 6.07) is 11.9. The van der Waals surface area contributed by atoms with E-state index in [-0.39, 0.29) is 24.3 Å². The van der Waals surface area contributed by atoms with E-state index in [0.29, 0.717) is 6.92 Å². The van der Waals surface area contributed by atoms with Crippen LogP contribution in [-0.2, 0) is 24.7 Å². The average molecular weight is 792 g/mol. The summed E-state index contributed by atoms with van der Waals surface area (Å²) >= 11 is 0. The highest BCUT2D eigenvalue weighted by Crippen LogP contribution is 2.56. The monoisotopic (exact) mass is 791 g/mol. The van der Waals surface area contributed by atoms with E-state index in [1.54, 1.807) is 12.1 Å². The van der Waals surface area contributed by atoms with Crippen LogP contribution >= 0.6 is 0 Å². The zero-order valence-electron chi connectivity index (χ0n) is 27.6. The van der Waals surface area contributed by atoms with Crippen molar-refractivity contribution < 1.29 is 52.7 Å². The summed E-state index contributed by atoms with van der Waals surface area (Å²) in [7, 11) is 0. The van der Waals surface area contributed by atoms with Gasteiger partial charge >= 0.3 is 24.7 Å². The SMILES string of the molecule is Cc1c(C(F)(F)F)cc(C2=C(C#N)c3cc4c(cc3C2=C(C#N)C#N)C(C#N)=C(c2cc(C(F)(F)F)c(C#N)c(C(F)(F)F)c2)C4=C(C#N)C#N)cc1C(F)(F)F. The summed E-state index contributed by atoms with van der Waals surface area (Å²) in [6.07, 6.45) is -22.1. The van der Waals surface area contributed by atoms with Crippen molar-refractivity contribution in [1.82, 2.24) is 0 Å². The molecule has 0 amide bonds. The maximum Gasteiger partial charge on any atom is 0.417 e. The molecule has 3 aromatic rings. The predicted molar refractivity (Wildman–Crippen MR) is 170 cm³/mol. The molecule has 19 heteroatoms. The van der Waals surface area contributed by atoms with Crippen molar-refractivity contribution in [2.24, 2.45) is 0 Å². The van der Waals surface area contributed by atoms with Gasteiger partial charge in [0.05, 0.1) is 39.0 Å². The summed E-state index contributed by atoms with van der Waals surface area (Å²) in [5, 5.41) is 69.6. The molecule has 0 spiro atoms. The van der Waals surface area contributed by atoms with Crippen LogP contribution < -0.4 is 0 Å². The van der Waals surface area contributed by atoms with E-state index in [0.717, 1.165) is 18.2 Å². The zero-order chi connectivity index (χ0) is 42.7. The highest BCUT2D eigenvalue weighted by molar-refractivity contribution is 6.30. The van der Waals surface area contributed by atoms with E-state index in [4.69, 9.17) is 0 Å². The number of rotatable bonds is 2. The van der Waals surface area contributed by atoms with E-state index in [1.165, 1.54) is 24.3 Å². The smallest absolute Gasteiger partial charge is 0.192 e. The van der Waals surface area contributed by atoms with Gasteiger partial charge in [0.2, 0.25) is 0 Å². The third-order valence-corrected chi connectivity index (χ3v) is 8.86. The van der Waals surface area contributed by atoms with Gasteiger partial charge < -0.3 is 0 Å². The maximum absolute atomic E-state index is 14.2. The van der Waals surface area contributed by atoms with Gasteiger partial charge in [0.1, 0.15) is 53.6 Å². The average Bonchev–Trinajstić information content (AvgIpc) is 3.61. The Hall–Kier alpha value is -7.79. The number of allylic oxidation sites excluding steroid dienone is 8. The number of benzene rings is 3. The molecule has 0 unspecified atom stereocenters. The quantitative estimate of drug-likeness (QED) is 0.184. The molecular weight excluding hydrogens is 782 g/mol. The van der Waals surface area contributed by atoms with Gasteiger partial charge in [-0.3, -0.25) is 0 Å². The minimum absolute atomic E-state index is 0.0633. The summed E-state index contributed by atoms with van der Waals surface area (Å²) in [4.78, 5) is 0. The van der Waals surface area contributed by atoms with E-state index in [1.807, 2.05) is 0 Å². The Bertz CT molecular complexity index is 2710. The Balaban J connectivity index is 1.99. The van der Waals surface area contributed by atoms with Gasteiger partial charge in [-0.1, -0.05) is 0 Å². The third-order valence-electron chi connectivity index (χ3n) is 8.86. The first kappa shape index (κ1) is 40.4. The molecule has 0 heterocycles. The predicted octanol–water partition coefficient (Wildman–Crippen LogP) is 10.4. The normalized spacial score (nSPS) is 13.7. The Kier molecular flexibility index (Phi) is 9.57. The molecule has 0 bridgehead atoms. The molecule has 7 nitrogen and oxygen atoms in total. The van der Waals surface area contributed by atoms with Crippen molar-refractivity contribution in [2.45, 2.75) is 31.6 Å². The Morgan fingerprint density at radius 3 is 0.965 bits per heavy atom. The summed E-state index contributed by atoms with van der Waals surface area (Å²) in [5.41, 5.74) is -22.0. The molecule has 57 heavy (non-hydrogen) atoms. The second kappa shape index (κ2) is 13.5. The zero-order valence-corrected chi connectivity index (χ0v) is 27.6. The van der Waals surface area contributed by atoms with E-state index >= 15 is 0 Å². The lowest BCUT2D eigenvalue weighted by Gasteiger charge is -2.19. The molecule has 0 N–H and O–H groups in total. The Labute approximate surface area is 311 Å². The van der Waals surface area contributed by atoms with Crippen molar-refractivity contribution in [3.63, 3.8) is 0 Å². The van der Waals surface area contributed by atoms with E-state index in [2.05, 4.69) is 0 Å². The molecule has 0 saturated heterocycles. The first-order chi connectivity index (χ1) is 26.4. The topological polar surface area (TPSA) is 167 Å². The van der Waals surface area contributed by atoms with Crippen LogP contribution in [0.3, 0.4) is 0 Å². The van der Waals surface area contributed by atoms with Gasteiger partial charge in [-0.15, -0.1) is 0 Å². The van der Waals surface area contributed by atoms with Crippen LogP contribution in [0, 0.1) is 86.2 Å². The number of fused-ring (bicyclic) bond motifs is 2. The van der Waals surface area contributed by atoms with E-state index in [9.17, 15) is 89.5 Å². The summed E-state index contributed by atoms with van der Waals surface area (Å²) < 4.78 is 170. The fourth-order valence-electron chi connectivity index (χ4n) is 6.62. The highest BCUT2D eigenvalue weighted by Gasteiger charge is 2.45. The van der Waals surface area contributed by atoms with Gasteiger partial charge in [0.25, 0.3) is 0 Å². The lowest BCUT2D eigenvalue weighted by atomic mass is 9.88. The lowest BCUT2D eigenvalue weighted by molar-refractivity contribution is -0.145. The van der Waals surface area contributed by atoms with Crippen LogP contribution in [0.5, 0.6) is 0 Å². The first-order valence-corrected chi connectivity index (χ1v) is 15.0. The minimum atomic E-state index is -5.63. The molecule has 2 aliphatic rings. The molecular formula is C38H9F12N7. The van der Waals surface area contributed by atoms with Gasteiger partial charge in [0, 0.05) is 33.4 Å². The second-order valence-electron chi connectivity index (χ2n) is 11.9. The molecule has 0 saturated carbocycles. The molecule has 2 aliphatic carbocycles. The molecule has 0 radical (unpaired) electrons. The van der Waals surface area contributed by atoms with Crippen LogP contribution in [0.25, 0.3) is 33.4 Å². The third kappa shape index (κ3) is 6.46. The second-order valence-corrected chi connectivity index (χ2v) is 11.9. The van der Waals surface area contributed by atoms with Gasteiger partial charge in [-0.05, 0) is 71.1 Å². The maximum atomic E-state index is 14.2. The Morgan fingerprint density at radius 1 is 0.421 bits per heavy atom. The highest BCUT2D eigenvalue weighted by atomic mass is 19.4. The molecule has 280 valence electrons. The Morgan fingerprint density at radius 2 is 0.719 bits per heavy atom. The van der Waals surface area contributed by atoms with Gasteiger partial charge in [-0.2, -0.15) is 89.5 Å². The van der Waals surface area contributed by atoms with Crippen LogP contribution in [0.1, 0.15) is 66.8 Å². The van der Waals surface area contributed by atoms with Gasteiger partial charge in [0.15, 0.2) is 0 Å². The van der Waals surface area contributed by atoms with Crippen molar-refractivity contribution >= 4 is 33.4 Å². The fourth-order valence-corrected chi connectivity index (χ4v) is 6.62. The number of hydrogen-bond donors (Lipinski definition) is 0. The van der Waals surface area contributed by atoms with Crippen LogP contribution in [0.4, 0.5) is 52.7 Å². The number of nitriles is 7. The van der Waals surface area contributed by atoms with Crippen molar-refractivity contribution in [2.75, 3.05) is 0 Å².